The highest BCUT2D eigenvalue weighted by atomic mass is 16.1. The van der Waals surface area contributed by atoms with Crippen molar-refractivity contribution in [2.75, 3.05) is 13.1 Å². The molecule has 0 unspecified atom stereocenters. The quantitative estimate of drug-likeness (QED) is 0.758. The van der Waals surface area contributed by atoms with E-state index in [0.29, 0.717) is 0 Å². The van der Waals surface area contributed by atoms with Crippen molar-refractivity contribution in [1.29, 1.82) is 0 Å². The number of pyridine rings is 1. The van der Waals surface area contributed by atoms with E-state index >= 15 is 0 Å². The summed E-state index contributed by atoms with van der Waals surface area (Å²) in [5.74, 6) is 0.233. The highest BCUT2D eigenvalue weighted by Gasteiger charge is 2.26. The zero-order valence-corrected chi connectivity index (χ0v) is 11.2. The highest BCUT2D eigenvalue weighted by Crippen LogP contribution is 2.19. The second-order valence-corrected chi connectivity index (χ2v) is 5.06. The van der Waals surface area contributed by atoms with Gasteiger partial charge in [-0.15, -0.1) is 0 Å². The predicted octanol–water partition coefficient (Wildman–Crippen LogP) is 2.52. The van der Waals surface area contributed by atoms with Crippen molar-refractivity contribution in [2.24, 2.45) is 5.41 Å². The lowest BCUT2D eigenvalue weighted by Gasteiger charge is -2.29. The first-order valence-corrected chi connectivity index (χ1v) is 6.09. The molecular weight excluding hydrogens is 212 g/mol. The Labute approximate surface area is 104 Å². The first-order valence-electron chi connectivity index (χ1n) is 6.09. The second-order valence-electron chi connectivity index (χ2n) is 5.06. The van der Waals surface area contributed by atoms with E-state index < -0.39 is 0 Å². The molecule has 0 radical (unpaired) electrons. The molecule has 0 N–H and O–H groups in total. The minimum absolute atomic E-state index is 0.233. The van der Waals surface area contributed by atoms with Crippen LogP contribution in [0.4, 0.5) is 0 Å². The molecule has 3 nitrogen and oxygen atoms in total. The maximum Gasteiger partial charge on any atom is 0.136 e. The molecule has 0 saturated heterocycles. The fourth-order valence-electron chi connectivity index (χ4n) is 1.67. The Morgan fingerprint density at radius 3 is 2.59 bits per heavy atom. The topological polar surface area (TPSA) is 33.2 Å². The minimum atomic E-state index is -0.287. The van der Waals surface area contributed by atoms with Crippen LogP contribution in [0.2, 0.25) is 0 Å². The summed E-state index contributed by atoms with van der Waals surface area (Å²) in [5.41, 5.74) is 0.763. The molecular formula is C14H22N2O. The van der Waals surface area contributed by atoms with Gasteiger partial charge in [0.05, 0.1) is 5.69 Å². The van der Waals surface area contributed by atoms with E-state index in [-0.39, 0.29) is 11.2 Å². The third kappa shape index (κ3) is 4.27. The van der Waals surface area contributed by atoms with Gasteiger partial charge in [0.25, 0.3) is 0 Å². The number of carbonyl (C=O) groups excluding carboxylic acids is 1. The van der Waals surface area contributed by atoms with Gasteiger partial charge in [-0.3, -0.25) is 14.7 Å². The largest absolute Gasteiger partial charge is 0.299 e. The zero-order chi connectivity index (χ0) is 12.9. The van der Waals surface area contributed by atoms with E-state index in [1.54, 1.807) is 13.1 Å². The molecule has 17 heavy (non-hydrogen) atoms. The van der Waals surface area contributed by atoms with Crippen LogP contribution in [0.15, 0.2) is 24.4 Å². The summed E-state index contributed by atoms with van der Waals surface area (Å²) in [6.45, 7) is 10.3. The van der Waals surface area contributed by atoms with Crippen LogP contribution < -0.4 is 0 Å². The minimum Gasteiger partial charge on any atom is -0.299 e. The van der Waals surface area contributed by atoms with Gasteiger partial charge < -0.3 is 0 Å². The van der Waals surface area contributed by atoms with Gasteiger partial charge in [-0.2, -0.15) is 0 Å². The molecule has 0 aliphatic carbocycles. The number of hydrogen-bond acceptors (Lipinski definition) is 3. The third-order valence-corrected chi connectivity index (χ3v) is 3.13. The maximum absolute atomic E-state index is 11.5. The van der Waals surface area contributed by atoms with E-state index in [0.717, 1.165) is 25.3 Å². The van der Waals surface area contributed by atoms with Crippen LogP contribution in [-0.4, -0.2) is 28.8 Å². The first kappa shape index (κ1) is 13.8. The Hall–Kier alpha value is -1.22. The Morgan fingerprint density at radius 2 is 2.12 bits per heavy atom. The fourth-order valence-corrected chi connectivity index (χ4v) is 1.67. The Kier molecular flexibility index (Phi) is 4.82. The van der Waals surface area contributed by atoms with Crippen molar-refractivity contribution in [2.45, 2.75) is 34.2 Å². The number of Topliss-reactive ketones (excluding diaryl/α,β-unsaturated/α-hetero) is 1. The molecule has 94 valence electrons. The molecule has 0 amide bonds. The van der Waals surface area contributed by atoms with Crippen molar-refractivity contribution in [1.82, 2.24) is 9.88 Å². The molecule has 1 aromatic heterocycles. The normalized spacial score (nSPS) is 11.8. The summed E-state index contributed by atoms with van der Waals surface area (Å²) < 4.78 is 0. The molecule has 0 aliphatic heterocycles. The molecule has 0 spiro atoms. The van der Waals surface area contributed by atoms with Gasteiger partial charge in [0.1, 0.15) is 5.78 Å². The number of hydrogen-bond donors (Lipinski definition) is 0. The van der Waals surface area contributed by atoms with E-state index in [2.05, 4.69) is 16.8 Å². The van der Waals surface area contributed by atoms with Gasteiger partial charge in [0.15, 0.2) is 0 Å². The monoisotopic (exact) mass is 234 g/mol. The lowest BCUT2D eigenvalue weighted by molar-refractivity contribution is -0.125. The third-order valence-electron chi connectivity index (χ3n) is 3.13. The van der Waals surface area contributed by atoms with Gasteiger partial charge in [-0.25, -0.2) is 0 Å². The fraction of sp³-hybridized carbons (Fsp3) is 0.571. The summed E-state index contributed by atoms with van der Waals surface area (Å²) in [6, 6.07) is 5.93. The van der Waals surface area contributed by atoms with Gasteiger partial charge in [-0.1, -0.05) is 26.8 Å². The molecule has 0 aromatic carbocycles. The number of nitrogens with zero attached hydrogens (tertiary/aromatic N) is 2. The number of rotatable bonds is 6. The van der Waals surface area contributed by atoms with Crippen LogP contribution in [0.25, 0.3) is 0 Å². The summed E-state index contributed by atoms with van der Waals surface area (Å²) in [5, 5.41) is 0. The van der Waals surface area contributed by atoms with Gasteiger partial charge in [0.2, 0.25) is 0 Å². The summed E-state index contributed by atoms with van der Waals surface area (Å²) in [6.07, 6.45) is 1.80. The molecule has 0 bridgehead atoms. The molecule has 0 aliphatic rings. The molecule has 1 heterocycles. The van der Waals surface area contributed by atoms with Crippen molar-refractivity contribution in [3.05, 3.63) is 30.1 Å². The number of ketones is 1. The van der Waals surface area contributed by atoms with Crippen LogP contribution in [0.5, 0.6) is 0 Å². The van der Waals surface area contributed by atoms with Gasteiger partial charge in [0, 0.05) is 24.7 Å². The van der Waals surface area contributed by atoms with Crippen molar-refractivity contribution in [3.8, 4) is 0 Å². The molecule has 1 rings (SSSR count). The molecule has 0 fully saturated rings. The lowest BCUT2D eigenvalue weighted by atomic mass is 9.88. The summed E-state index contributed by atoms with van der Waals surface area (Å²) in [4.78, 5) is 18.1. The van der Waals surface area contributed by atoms with Crippen LogP contribution in [-0.2, 0) is 11.3 Å². The SMILES string of the molecule is CCN(Cc1ccccn1)CC(C)(C)C(C)=O. The van der Waals surface area contributed by atoms with Gasteiger partial charge >= 0.3 is 0 Å². The van der Waals surface area contributed by atoms with Crippen LogP contribution in [0.3, 0.4) is 0 Å². The number of aromatic nitrogens is 1. The van der Waals surface area contributed by atoms with Crippen LogP contribution in [0, 0.1) is 5.41 Å². The molecule has 3 heteroatoms. The van der Waals surface area contributed by atoms with E-state index in [4.69, 9.17) is 0 Å². The highest BCUT2D eigenvalue weighted by molar-refractivity contribution is 5.81. The maximum atomic E-state index is 11.5. The van der Waals surface area contributed by atoms with E-state index in [1.165, 1.54) is 0 Å². The second kappa shape index (κ2) is 5.92. The first-order chi connectivity index (χ1) is 7.95. The standard InChI is InChI=1S/C14H22N2O/c1-5-16(11-14(3,4)12(2)17)10-13-8-6-7-9-15-13/h6-9H,5,10-11H2,1-4H3. The average Bonchev–Trinajstić information content (AvgIpc) is 2.29. The Balaban J connectivity index is 2.64. The summed E-state index contributed by atoms with van der Waals surface area (Å²) in [7, 11) is 0. The summed E-state index contributed by atoms with van der Waals surface area (Å²) >= 11 is 0. The van der Waals surface area contributed by atoms with Crippen molar-refractivity contribution < 1.29 is 4.79 Å². The average molecular weight is 234 g/mol. The zero-order valence-electron chi connectivity index (χ0n) is 11.2. The van der Waals surface area contributed by atoms with E-state index in [1.807, 2.05) is 32.0 Å². The van der Waals surface area contributed by atoms with E-state index in [9.17, 15) is 4.79 Å². The number of carbonyl (C=O) groups is 1. The molecule has 1 aromatic rings. The van der Waals surface area contributed by atoms with Crippen LogP contribution in [0.1, 0.15) is 33.4 Å². The van der Waals surface area contributed by atoms with Crippen molar-refractivity contribution >= 4 is 5.78 Å². The molecule has 0 saturated carbocycles. The van der Waals surface area contributed by atoms with Crippen molar-refractivity contribution in [3.63, 3.8) is 0 Å². The van der Waals surface area contributed by atoms with Gasteiger partial charge in [-0.05, 0) is 25.6 Å². The molecule has 0 atom stereocenters. The van der Waals surface area contributed by atoms with Crippen LogP contribution >= 0.6 is 0 Å². The smallest absolute Gasteiger partial charge is 0.136 e. The Bertz CT molecular complexity index is 360. The predicted molar refractivity (Wildman–Crippen MR) is 69.7 cm³/mol. The lowest BCUT2D eigenvalue weighted by Crippen LogP contribution is -2.38. The Morgan fingerprint density at radius 1 is 1.41 bits per heavy atom.